The molecule has 1 aromatic rings. The number of likely N-dealkylation sites (tertiary alicyclic amines) is 1. The number of primary amides is 1. The van der Waals surface area contributed by atoms with Gasteiger partial charge in [-0.3, -0.25) is 9.59 Å². The van der Waals surface area contributed by atoms with Crippen LogP contribution in [0.1, 0.15) is 36.0 Å². The predicted octanol–water partition coefficient (Wildman–Crippen LogP) is 2.10. The second-order valence-corrected chi connectivity index (χ2v) is 6.80. The molecule has 0 saturated carbocycles. The van der Waals surface area contributed by atoms with E-state index >= 15 is 0 Å². The van der Waals surface area contributed by atoms with Crippen molar-refractivity contribution in [2.45, 2.75) is 31.8 Å². The van der Waals surface area contributed by atoms with Crippen molar-refractivity contribution in [1.29, 1.82) is 0 Å². The highest BCUT2D eigenvalue weighted by molar-refractivity contribution is 5.94. The van der Waals surface area contributed by atoms with E-state index in [1.54, 1.807) is 4.90 Å². The quantitative estimate of drug-likeness (QED) is 0.902. The highest BCUT2D eigenvalue weighted by Crippen LogP contribution is 2.31. The number of amides is 2. The van der Waals surface area contributed by atoms with Crippen LogP contribution in [0.25, 0.3) is 0 Å². The minimum atomic E-state index is -0.711. The Hall–Kier alpha value is -2.02. The van der Waals surface area contributed by atoms with Gasteiger partial charge >= 0.3 is 0 Å². The van der Waals surface area contributed by atoms with Gasteiger partial charge in [0.15, 0.2) is 0 Å². The van der Waals surface area contributed by atoms with E-state index in [4.69, 9.17) is 10.5 Å². The molecule has 2 amide bonds. The van der Waals surface area contributed by atoms with Gasteiger partial charge < -0.3 is 15.4 Å². The fourth-order valence-electron chi connectivity index (χ4n) is 3.74. The van der Waals surface area contributed by atoms with Gasteiger partial charge in [0.1, 0.15) is 11.6 Å². The van der Waals surface area contributed by atoms with Gasteiger partial charge in [-0.2, -0.15) is 0 Å². The number of ether oxygens (including phenoxy) is 1. The molecule has 7 heteroatoms. The number of carbonyl (C=O) groups is 2. The first-order valence-electron chi connectivity index (χ1n) is 8.61. The monoisotopic (exact) mass is 352 g/mol. The summed E-state index contributed by atoms with van der Waals surface area (Å²) in [6, 6.07) is 2.90. The first-order valence-corrected chi connectivity index (χ1v) is 8.61. The van der Waals surface area contributed by atoms with E-state index < -0.39 is 17.5 Å². The van der Waals surface area contributed by atoms with Gasteiger partial charge in [-0.1, -0.05) is 0 Å². The van der Waals surface area contributed by atoms with Crippen molar-refractivity contribution in [3.05, 3.63) is 35.4 Å². The summed E-state index contributed by atoms with van der Waals surface area (Å²) in [6.07, 6.45) is 2.74. The second kappa shape index (κ2) is 7.47. The molecule has 0 aliphatic carbocycles. The minimum Gasteiger partial charge on any atom is -0.377 e. The zero-order chi connectivity index (χ0) is 18.0. The standard InChI is InChI=1S/C18H22F2N2O3/c19-12-1-2-15(20)14(10-12)18(24)22-6-3-11(4-7-22)9-16-13(17(21)23)5-8-25-16/h1-2,10-11,13,16H,3-9H2,(H2,21,23)/t13-,16-/m1/s1. The molecule has 0 unspecified atom stereocenters. The molecular formula is C18H22F2N2O3. The van der Waals surface area contributed by atoms with Crippen LogP contribution in [0, 0.1) is 23.5 Å². The first kappa shape index (κ1) is 17.8. The Morgan fingerprint density at radius 3 is 2.60 bits per heavy atom. The highest BCUT2D eigenvalue weighted by Gasteiger charge is 2.35. The number of nitrogens with zero attached hydrogens (tertiary/aromatic N) is 1. The summed E-state index contributed by atoms with van der Waals surface area (Å²) >= 11 is 0. The van der Waals surface area contributed by atoms with E-state index in [9.17, 15) is 18.4 Å². The van der Waals surface area contributed by atoms with Gasteiger partial charge in [-0.15, -0.1) is 0 Å². The summed E-state index contributed by atoms with van der Waals surface area (Å²) in [5.41, 5.74) is 5.18. The number of hydrogen-bond donors (Lipinski definition) is 1. The summed E-state index contributed by atoms with van der Waals surface area (Å²) in [5.74, 6) is -2.06. The van der Waals surface area contributed by atoms with Crippen LogP contribution in [-0.2, 0) is 9.53 Å². The lowest BCUT2D eigenvalue weighted by atomic mass is 9.86. The van der Waals surface area contributed by atoms with Gasteiger partial charge in [-0.25, -0.2) is 8.78 Å². The normalized spacial score (nSPS) is 24.5. The molecule has 2 fully saturated rings. The molecule has 2 N–H and O–H groups in total. The molecule has 2 saturated heterocycles. The lowest BCUT2D eigenvalue weighted by Crippen LogP contribution is -2.40. The van der Waals surface area contributed by atoms with E-state index in [0.29, 0.717) is 32.0 Å². The van der Waals surface area contributed by atoms with Crippen LogP contribution in [0.15, 0.2) is 18.2 Å². The van der Waals surface area contributed by atoms with Crippen LogP contribution in [-0.4, -0.2) is 42.5 Å². The lowest BCUT2D eigenvalue weighted by molar-refractivity contribution is -0.123. The molecular weight excluding hydrogens is 330 g/mol. The molecule has 0 aromatic heterocycles. The number of carbonyl (C=O) groups excluding carboxylic acids is 2. The average molecular weight is 352 g/mol. The number of rotatable bonds is 4. The maximum atomic E-state index is 13.8. The second-order valence-electron chi connectivity index (χ2n) is 6.80. The first-order chi connectivity index (χ1) is 12.0. The smallest absolute Gasteiger partial charge is 0.256 e. The van der Waals surface area contributed by atoms with E-state index in [1.165, 1.54) is 0 Å². The largest absolute Gasteiger partial charge is 0.377 e. The van der Waals surface area contributed by atoms with Crippen molar-refractivity contribution in [3.63, 3.8) is 0 Å². The molecule has 2 atom stereocenters. The molecule has 2 aliphatic heterocycles. The van der Waals surface area contributed by atoms with Crippen LogP contribution < -0.4 is 5.73 Å². The molecule has 0 spiro atoms. The molecule has 136 valence electrons. The fourth-order valence-corrected chi connectivity index (χ4v) is 3.74. The number of benzene rings is 1. The number of piperidine rings is 1. The van der Waals surface area contributed by atoms with Crippen LogP contribution in [0.2, 0.25) is 0 Å². The number of halogens is 2. The summed E-state index contributed by atoms with van der Waals surface area (Å²) in [4.78, 5) is 25.4. The summed E-state index contributed by atoms with van der Waals surface area (Å²) in [7, 11) is 0. The molecule has 3 rings (SSSR count). The van der Waals surface area contributed by atoms with Crippen molar-refractivity contribution >= 4 is 11.8 Å². The van der Waals surface area contributed by atoms with E-state index in [-0.39, 0.29) is 23.5 Å². The number of nitrogens with two attached hydrogens (primary N) is 1. The topological polar surface area (TPSA) is 72.6 Å². The molecule has 0 radical (unpaired) electrons. The Morgan fingerprint density at radius 2 is 1.92 bits per heavy atom. The zero-order valence-electron chi connectivity index (χ0n) is 13.9. The van der Waals surface area contributed by atoms with Crippen molar-refractivity contribution in [2.75, 3.05) is 19.7 Å². The Bertz CT molecular complexity index is 660. The van der Waals surface area contributed by atoms with Gasteiger partial charge in [0, 0.05) is 19.7 Å². The fraction of sp³-hybridized carbons (Fsp3) is 0.556. The molecule has 25 heavy (non-hydrogen) atoms. The van der Waals surface area contributed by atoms with Crippen molar-refractivity contribution in [1.82, 2.24) is 4.90 Å². The van der Waals surface area contributed by atoms with Gasteiger partial charge in [0.05, 0.1) is 17.6 Å². The third-order valence-corrected chi connectivity index (χ3v) is 5.20. The van der Waals surface area contributed by atoms with E-state index in [2.05, 4.69) is 0 Å². The van der Waals surface area contributed by atoms with Gasteiger partial charge in [-0.05, 0) is 49.8 Å². The number of hydrogen-bond acceptors (Lipinski definition) is 3. The molecule has 0 bridgehead atoms. The highest BCUT2D eigenvalue weighted by atomic mass is 19.1. The van der Waals surface area contributed by atoms with E-state index in [0.717, 1.165) is 37.5 Å². The summed E-state index contributed by atoms with van der Waals surface area (Å²) in [5, 5.41) is 0. The van der Waals surface area contributed by atoms with Crippen LogP contribution in [0.4, 0.5) is 8.78 Å². The Kier molecular flexibility index (Phi) is 5.32. The Balaban J connectivity index is 1.56. The maximum absolute atomic E-state index is 13.8. The third kappa shape index (κ3) is 3.98. The third-order valence-electron chi connectivity index (χ3n) is 5.20. The molecule has 1 aromatic carbocycles. The Labute approximate surface area is 145 Å². The Morgan fingerprint density at radius 1 is 1.20 bits per heavy atom. The van der Waals surface area contributed by atoms with Crippen LogP contribution in [0.5, 0.6) is 0 Å². The zero-order valence-corrected chi connectivity index (χ0v) is 13.9. The summed E-state index contributed by atoms with van der Waals surface area (Å²) in [6.45, 7) is 1.51. The van der Waals surface area contributed by atoms with Gasteiger partial charge in [0.25, 0.3) is 5.91 Å². The van der Waals surface area contributed by atoms with Crippen molar-refractivity contribution in [3.8, 4) is 0 Å². The maximum Gasteiger partial charge on any atom is 0.256 e. The van der Waals surface area contributed by atoms with E-state index in [1.807, 2.05) is 0 Å². The van der Waals surface area contributed by atoms with Crippen molar-refractivity contribution in [2.24, 2.45) is 17.6 Å². The molecule has 2 heterocycles. The lowest BCUT2D eigenvalue weighted by Gasteiger charge is -2.33. The minimum absolute atomic E-state index is 0.148. The SMILES string of the molecule is NC(=O)[C@@H]1CCO[C@@H]1CC1CCN(C(=O)c2cc(F)ccc2F)CC1. The molecule has 5 nitrogen and oxygen atoms in total. The summed E-state index contributed by atoms with van der Waals surface area (Å²) < 4.78 is 32.7. The van der Waals surface area contributed by atoms with Gasteiger partial charge in [0.2, 0.25) is 5.91 Å². The van der Waals surface area contributed by atoms with Crippen LogP contribution in [0.3, 0.4) is 0 Å². The van der Waals surface area contributed by atoms with Crippen LogP contribution >= 0.6 is 0 Å². The predicted molar refractivity (Wildman–Crippen MR) is 86.6 cm³/mol. The molecule has 2 aliphatic rings. The van der Waals surface area contributed by atoms with Crippen molar-refractivity contribution < 1.29 is 23.1 Å². The average Bonchev–Trinajstić information content (AvgIpc) is 3.05.